The number of alkyl halides is 3. The van der Waals surface area contributed by atoms with Gasteiger partial charge in [-0.1, -0.05) is 37.8 Å². The number of rotatable bonds is 11. The van der Waals surface area contributed by atoms with Crippen LogP contribution in [0.3, 0.4) is 0 Å². The second kappa shape index (κ2) is 17.0. The smallest absolute Gasteiger partial charge is 0.475 e. The number of amides is 2. The molecule has 0 spiro atoms. The van der Waals surface area contributed by atoms with Gasteiger partial charge in [-0.2, -0.15) is 13.2 Å². The highest BCUT2D eigenvalue weighted by molar-refractivity contribution is 5.77. The number of allylic oxidation sites excluding steroid dienone is 1. The minimum atomic E-state index is -5.08. The van der Waals surface area contributed by atoms with Crippen LogP contribution >= 0.6 is 0 Å². The quantitative estimate of drug-likeness (QED) is 0.157. The monoisotopic (exact) mass is 397 g/mol. The molecule has 11 heteroatoms. The van der Waals surface area contributed by atoms with Crippen LogP contribution in [0, 0.1) is 0 Å². The minimum Gasteiger partial charge on any atom is -0.475 e. The van der Waals surface area contributed by atoms with E-state index < -0.39 is 18.2 Å². The molecule has 0 aromatic carbocycles. The Hall–Kier alpha value is -2.46. The van der Waals surface area contributed by atoms with Crippen molar-refractivity contribution in [3.63, 3.8) is 0 Å². The number of guanidine groups is 1. The first kappa shape index (κ1) is 26.8. The Morgan fingerprint density at radius 3 is 1.85 bits per heavy atom. The number of hydrogen-bond donors (Lipinski definition) is 5. The molecule has 0 saturated heterocycles. The highest BCUT2D eigenvalue weighted by Gasteiger charge is 2.38. The van der Waals surface area contributed by atoms with E-state index in [1.165, 1.54) is 19.3 Å². The van der Waals surface area contributed by atoms with Gasteiger partial charge in [0.25, 0.3) is 0 Å². The standard InChI is InChI=1S/C14H29N5O.C2HF3O2/c1-2-3-10-17-13(15)18-11-8-6-4-5-7-9-12-19-14(16)20;3-2(4,5)1(6)7/h2-3H,4-12H2,1H3,(H3,15,17,18)(H3,16,19,20);(H,6,7)/b3-2+;. The van der Waals surface area contributed by atoms with Crippen LogP contribution in [0.2, 0.25) is 0 Å². The molecule has 0 aliphatic heterocycles. The first-order valence-electron chi connectivity index (χ1n) is 8.59. The Morgan fingerprint density at radius 2 is 1.44 bits per heavy atom. The van der Waals surface area contributed by atoms with Gasteiger partial charge >= 0.3 is 18.2 Å². The second-order valence-corrected chi connectivity index (χ2v) is 5.44. The molecule has 0 aromatic heterocycles. The Bertz CT molecular complexity index is 469. The first-order chi connectivity index (χ1) is 12.6. The zero-order chi connectivity index (χ0) is 21.1. The number of carbonyl (C=O) groups excluding carboxylic acids is 1. The highest BCUT2D eigenvalue weighted by atomic mass is 19.4. The molecule has 2 amide bonds. The number of carbonyl (C=O) groups is 2. The lowest BCUT2D eigenvalue weighted by molar-refractivity contribution is -0.192. The summed E-state index contributed by atoms with van der Waals surface area (Å²) in [4.78, 5) is 23.5. The molecule has 0 bridgehead atoms. The number of nitrogens with zero attached hydrogens (tertiary/aromatic N) is 1. The average Bonchev–Trinajstić information content (AvgIpc) is 2.56. The Kier molecular flexibility index (Phi) is 16.8. The van der Waals surface area contributed by atoms with Crippen LogP contribution in [0.4, 0.5) is 18.0 Å². The number of urea groups is 1. The van der Waals surface area contributed by atoms with Crippen molar-refractivity contribution in [2.75, 3.05) is 19.6 Å². The third kappa shape index (κ3) is 23.5. The van der Waals surface area contributed by atoms with Crippen molar-refractivity contribution < 1.29 is 27.9 Å². The van der Waals surface area contributed by atoms with Gasteiger partial charge in [0.2, 0.25) is 0 Å². The van der Waals surface area contributed by atoms with Crippen molar-refractivity contribution in [3.05, 3.63) is 12.2 Å². The SMILES string of the molecule is C/C=C/CN=C(N)NCCCCCCCCNC(N)=O.O=C(O)C(F)(F)F. The van der Waals surface area contributed by atoms with Crippen LogP contribution in [0.5, 0.6) is 0 Å². The molecule has 0 aromatic rings. The van der Waals surface area contributed by atoms with E-state index in [9.17, 15) is 18.0 Å². The molecule has 8 nitrogen and oxygen atoms in total. The van der Waals surface area contributed by atoms with E-state index in [-0.39, 0.29) is 0 Å². The molecule has 158 valence electrons. The van der Waals surface area contributed by atoms with Crippen LogP contribution < -0.4 is 22.1 Å². The maximum atomic E-state index is 10.6. The van der Waals surface area contributed by atoms with Crippen molar-refractivity contribution in [1.29, 1.82) is 0 Å². The van der Waals surface area contributed by atoms with Gasteiger partial charge in [-0.25, -0.2) is 14.6 Å². The molecular formula is C16H30F3N5O3. The van der Waals surface area contributed by atoms with Gasteiger partial charge in [0.15, 0.2) is 5.96 Å². The molecule has 0 radical (unpaired) electrons. The first-order valence-corrected chi connectivity index (χ1v) is 8.59. The van der Waals surface area contributed by atoms with Crippen molar-refractivity contribution >= 4 is 18.0 Å². The third-order valence-corrected chi connectivity index (χ3v) is 3.05. The topological polar surface area (TPSA) is 143 Å². The van der Waals surface area contributed by atoms with E-state index in [1.54, 1.807) is 0 Å². The molecule has 0 saturated carbocycles. The summed E-state index contributed by atoms with van der Waals surface area (Å²) in [6.07, 6.45) is 5.61. The largest absolute Gasteiger partial charge is 0.490 e. The molecule has 27 heavy (non-hydrogen) atoms. The van der Waals surface area contributed by atoms with E-state index >= 15 is 0 Å². The number of hydrogen-bond acceptors (Lipinski definition) is 3. The zero-order valence-electron chi connectivity index (χ0n) is 15.5. The maximum Gasteiger partial charge on any atom is 0.490 e. The van der Waals surface area contributed by atoms with E-state index in [0.29, 0.717) is 19.0 Å². The normalized spacial score (nSPS) is 11.6. The lowest BCUT2D eigenvalue weighted by Gasteiger charge is -2.05. The van der Waals surface area contributed by atoms with Gasteiger partial charge in [-0.15, -0.1) is 0 Å². The van der Waals surface area contributed by atoms with Crippen molar-refractivity contribution in [2.45, 2.75) is 51.6 Å². The van der Waals surface area contributed by atoms with Gasteiger partial charge in [0, 0.05) is 13.1 Å². The number of nitrogens with two attached hydrogens (primary N) is 2. The lowest BCUT2D eigenvalue weighted by atomic mass is 10.1. The lowest BCUT2D eigenvalue weighted by Crippen LogP contribution is -2.32. The number of aliphatic carboxylic acids is 1. The fourth-order valence-electron chi connectivity index (χ4n) is 1.70. The minimum absolute atomic E-state index is 0.440. The fraction of sp³-hybridized carbons (Fsp3) is 0.688. The summed E-state index contributed by atoms with van der Waals surface area (Å²) < 4.78 is 31.7. The van der Waals surface area contributed by atoms with Gasteiger partial charge in [0.05, 0.1) is 6.54 Å². The molecule has 0 fully saturated rings. The van der Waals surface area contributed by atoms with Crippen molar-refractivity contribution in [2.24, 2.45) is 16.5 Å². The number of halogens is 3. The van der Waals surface area contributed by atoms with Gasteiger partial charge in [0.1, 0.15) is 0 Å². The number of nitrogens with one attached hydrogen (secondary N) is 2. The van der Waals surface area contributed by atoms with E-state index in [2.05, 4.69) is 15.6 Å². The van der Waals surface area contributed by atoms with E-state index in [1.807, 2.05) is 19.1 Å². The predicted molar refractivity (Wildman–Crippen MR) is 98.3 cm³/mol. The summed E-state index contributed by atoms with van der Waals surface area (Å²) >= 11 is 0. The van der Waals surface area contributed by atoms with Crippen LogP contribution in [-0.4, -0.2) is 48.9 Å². The molecule has 0 aliphatic carbocycles. The molecule has 0 aliphatic rings. The number of primary amides is 1. The zero-order valence-corrected chi connectivity index (χ0v) is 15.5. The number of carboxylic acid groups (broad SMARTS) is 1. The Balaban J connectivity index is 0. The Morgan fingerprint density at radius 1 is 1.00 bits per heavy atom. The molecule has 0 rings (SSSR count). The van der Waals surface area contributed by atoms with Crippen LogP contribution in [-0.2, 0) is 4.79 Å². The summed E-state index contributed by atoms with van der Waals surface area (Å²) in [6, 6.07) is -0.440. The highest BCUT2D eigenvalue weighted by Crippen LogP contribution is 2.13. The average molecular weight is 397 g/mol. The number of unbranched alkanes of at least 4 members (excludes halogenated alkanes) is 5. The predicted octanol–water partition coefficient (Wildman–Crippen LogP) is 2.11. The summed E-state index contributed by atoms with van der Waals surface area (Å²) in [7, 11) is 0. The van der Waals surface area contributed by atoms with Crippen molar-refractivity contribution in [3.8, 4) is 0 Å². The Labute approximate surface area is 157 Å². The second-order valence-electron chi connectivity index (χ2n) is 5.44. The summed E-state index contributed by atoms with van der Waals surface area (Å²) in [5.41, 5.74) is 10.7. The van der Waals surface area contributed by atoms with Crippen LogP contribution in [0.1, 0.15) is 45.4 Å². The van der Waals surface area contributed by atoms with Crippen LogP contribution in [0.25, 0.3) is 0 Å². The molecule has 7 N–H and O–H groups in total. The summed E-state index contributed by atoms with van der Waals surface area (Å²) in [6.45, 7) is 4.14. The van der Waals surface area contributed by atoms with Gasteiger partial charge < -0.3 is 27.2 Å². The summed E-state index contributed by atoms with van der Waals surface area (Å²) in [5, 5.41) is 12.8. The van der Waals surface area contributed by atoms with E-state index in [0.717, 1.165) is 25.8 Å². The molecule has 0 atom stereocenters. The number of aliphatic imine (C=N–C) groups is 1. The molecule has 0 unspecified atom stereocenters. The van der Waals surface area contributed by atoms with E-state index in [4.69, 9.17) is 21.4 Å². The summed E-state index contributed by atoms with van der Waals surface area (Å²) in [5.74, 6) is -2.24. The van der Waals surface area contributed by atoms with Crippen LogP contribution in [0.15, 0.2) is 17.1 Å². The van der Waals surface area contributed by atoms with Crippen molar-refractivity contribution in [1.82, 2.24) is 10.6 Å². The molecule has 0 heterocycles. The number of carboxylic acids is 1. The maximum absolute atomic E-state index is 10.6. The molecular weight excluding hydrogens is 367 g/mol. The van der Waals surface area contributed by atoms with Gasteiger partial charge in [-0.3, -0.25) is 0 Å². The fourth-order valence-corrected chi connectivity index (χ4v) is 1.70. The van der Waals surface area contributed by atoms with Gasteiger partial charge in [-0.05, 0) is 19.8 Å². The third-order valence-electron chi connectivity index (χ3n) is 3.05.